The summed E-state index contributed by atoms with van der Waals surface area (Å²) < 4.78 is 13.4. The minimum Gasteiger partial charge on any atom is -0.455 e. The summed E-state index contributed by atoms with van der Waals surface area (Å²) in [5, 5.41) is 4.51. The van der Waals surface area contributed by atoms with Gasteiger partial charge in [-0.2, -0.15) is 0 Å². The van der Waals surface area contributed by atoms with Crippen LogP contribution in [-0.4, -0.2) is 0 Å². The Bertz CT molecular complexity index is 2050. The summed E-state index contributed by atoms with van der Waals surface area (Å²) in [5.74, 6) is 0. The lowest BCUT2D eigenvalue weighted by molar-refractivity contribution is 0.665. The first-order chi connectivity index (χ1) is 19.4. The second-order valence-electron chi connectivity index (χ2n) is 10.4. The summed E-state index contributed by atoms with van der Waals surface area (Å²) in [4.78, 5) is 0. The molecule has 0 aliphatic heterocycles. The molecule has 6 aromatic carbocycles. The number of fused-ring (bicyclic) bond motifs is 11. The second kappa shape index (κ2) is 7.49. The first-order valence-electron chi connectivity index (χ1n) is 13.4. The molecule has 2 nitrogen and oxygen atoms in total. The highest BCUT2D eigenvalue weighted by atomic mass is 16.3. The molecule has 8 aromatic rings. The summed E-state index contributed by atoms with van der Waals surface area (Å²) in [6, 6.07) is 47.4. The van der Waals surface area contributed by atoms with E-state index in [1.165, 1.54) is 22.3 Å². The van der Waals surface area contributed by atoms with Gasteiger partial charge in [-0.3, -0.25) is 0 Å². The maximum atomic E-state index is 6.70. The fourth-order valence-corrected chi connectivity index (χ4v) is 7.01. The SMILES string of the molecule is c1ccc(C2(c3ccccc3)c3ccc4c(oc5ccccc54)c3-c3c2ccc2c3oc3ccccc32)cc1. The number of benzene rings is 6. The zero-order valence-electron chi connectivity index (χ0n) is 21.0. The number of hydrogen-bond acceptors (Lipinski definition) is 2. The summed E-state index contributed by atoms with van der Waals surface area (Å²) in [6.07, 6.45) is 0. The fourth-order valence-electron chi connectivity index (χ4n) is 7.01. The van der Waals surface area contributed by atoms with E-state index in [1.807, 2.05) is 12.1 Å². The van der Waals surface area contributed by atoms with E-state index in [4.69, 9.17) is 8.83 Å². The van der Waals surface area contributed by atoms with Gasteiger partial charge in [0.05, 0.1) is 5.41 Å². The van der Waals surface area contributed by atoms with Crippen LogP contribution >= 0.6 is 0 Å². The maximum absolute atomic E-state index is 6.70. The normalized spacial score (nSPS) is 13.8. The predicted molar refractivity (Wildman–Crippen MR) is 158 cm³/mol. The predicted octanol–water partition coefficient (Wildman–Crippen LogP) is 9.85. The highest BCUT2D eigenvalue weighted by Gasteiger charge is 2.48. The van der Waals surface area contributed by atoms with Crippen LogP contribution in [0.2, 0.25) is 0 Å². The number of hydrogen-bond donors (Lipinski definition) is 0. The van der Waals surface area contributed by atoms with Crippen molar-refractivity contribution in [3.05, 3.63) is 156 Å². The molecule has 2 heteroatoms. The van der Waals surface area contributed by atoms with Gasteiger partial charge in [-0.25, -0.2) is 0 Å². The Balaban J connectivity index is 1.56. The highest BCUT2D eigenvalue weighted by Crippen LogP contribution is 2.60. The minimum absolute atomic E-state index is 0.520. The van der Waals surface area contributed by atoms with E-state index in [-0.39, 0.29) is 0 Å². The zero-order valence-corrected chi connectivity index (χ0v) is 21.0. The molecular weight excluding hydrogens is 476 g/mol. The van der Waals surface area contributed by atoms with E-state index < -0.39 is 5.41 Å². The molecule has 0 fully saturated rings. The van der Waals surface area contributed by atoms with Gasteiger partial charge in [0.25, 0.3) is 0 Å². The van der Waals surface area contributed by atoms with Crippen LogP contribution in [0.1, 0.15) is 22.3 Å². The van der Waals surface area contributed by atoms with Crippen molar-refractivity contribution in [2.24, 2.45) is 0 Å². The fraction of sp³-hybridized carbons (Fsp3) is 0.0270. The van der Waals surface area contributed by atoms with E-state index in [1.54, 1.807) is 0 Å². The maximum Gasteiger partial charge on any atom is 0.143 e. The monoisotopic (exact) mass is 498 g/mol. The molecule has 2 aromatic heterocycles. The van der Waals surface area contributed by atoms with Crippen molar-refractivity contribution >= 4 is 43.9 Å². The number of para-hydroxylation sites is 2. The lowest BCUT2D eigenvalue weighted by Crippen LogP contribution is -2.28. The third kappa shape index (κ3) is 2.56. The average Bonchev–Trinajstić information content (AvgIpc) is 3.66. The van der Waals surface area contributed by atoms with Crippen LogP contribution < -0.4 is 0 Å². The van der Waals surface area contributed by atoms with Gasteiger partial charge >= 0.3 is 0 Å². The molecule has 0 spiro atoms. The molecule has 0 unspecified atom stereocenters. The van der Waals surface area contributed by atoms with Crippen LogP contribution in [0.15, 0.2) is 142 Å². The van der Waals surface area contributed by atoms with Gasteiger partial charge in [-0.1, -0.05) is 121 Å². The largest absolute Gasteiger partial charge is 0.455 e. The zero-order chi connectivity index (χ0) is 25.6. The molecule has 2 heterocycles. The van der Waals surface area contributed by atoms with Crippen molar-refractivity contribution in [1.82, 2.24) is 0 Å². The number of rotatable bonds is 2. The van der Waals surface area contributed by atoms with Gasteiger partial charge in [0.15, 0.2) is 0 Å². The van der Waals surface area contributed by atoms with Gasteiger partial charge < -0.3 is 8.83 Å². The van der Waals surface area contributed by atoms with Gasteiger partial charge in [-0.05, 0) is 34.4 Å². The molecule has 39 heavy (non-hydrogen) atoms. The van der Waals surface area contributed by atoms with Crippen molar-refractivity contribution in [3.8, 4) is 11.1 Å². The minimum atomic E-state index is -0.520. The smallest absolute Gasteiger partial charge is 0.143 e. The van der Waals surface area contributed by atoms with E-state index >= 15 is 0 Å². The van der Waals surface area contributed by atoms with E-state index in [9.17, 15) is 0 Å². The Hall–Kier alpha value is -5.08. The molecule has 9 rings (SSSR count). The Morgan fingerprint density at radius 3 is 1.23 bits per heavy atom. The standard InChI is InChI=1S/C37H22O2/c1-3-11-23(12-4-1)37(24-13-5-2-6-14-24)29-21-19-27-25-15-7-9-17-31(25)38-35(27)33(29)34-30(37)22-20-28-26-16-8-10-18-32(26)39-36(28)34/h1-22H. The molecule has 0 amide bonds. The van der Waals surface area contributed by atoms with Crippen LogP contribution in [0.25, 0.3) is 55.0 Å². The third-order valence-electron chi connectivity index (χ3n) is 8.57. The first kappa shape index (κ1) is 20.9. The summed E-state index contributed by atoms with van der Waals surface area (Å²) in [6.45, 7) is 0. The van der Waals surface area contributed by atoms with Crippen molar-refractivity contribution in [1.29, 1.82) is 0 Å². The molecule has 0 saturated heterocycles. The van der Waals surface area contributed by atoms with Crippen molar-refractivity contribution in [2.45, 2.75) is 5.41 Å². The second-order valence-corrected chi connectivity index (χ2v) is 10.4. The summed E-state index contributed by atoms with van der Waals surface area (Å²) in [7, 11) is 0. The van der Waals surface area contributed by atoms with E-state index in [2.05, 4.69) is 121 Å². The Labute approximate surface area is 224 Å². The van der Waals surface area contributed by atoms with Gasteiger partial charge in [0, 0.05) is 32.7 Å². The molecule has 0 N–H and O–H groups in total. The first-order valence-corrected chi connectivity index (χ1v) is 13.4. The molecule has 1 aliphatic rings. The van der Waals surface area contributed by atoms with Crippen molar-refractivity contribution in [2.75, 3.05) is 0 Å². The molecule has 0 saturated carbocycles. The van der Waals surface area contributed by atoms with E-state index in [0.29, 0.717) is 0 Å². The van der Waals surface area contributed by atoms with E-state index in [0.717, 1.165) is 55.0 Å². The molecular formula is C37H22O2. The van der Waals surface area contributed by atoms with Crippen LogP contribution in [0.5, 0.6) is 0 Å². The van der Waals surface area contributed by atoms with Crippen LogP contribution in [0, 0.1) is 0 Å². The number of furan rings is 2. The lowest BCUT2D eigenvalue weighted by atomic mass is 9.67. The highest BCUT2D eigenvalue weighted by molar-refractivity contribution is 6.18. The summed E-state index contributed by atoms with van der Waals surface area (Å²) >= 11 is 0. The molecule has 182 valence electrons. The average molecular weight is 499 g/mol. The van der Waals surface area contributed by atoms with Gasteiger partial charge in [0.2, 0.25) is 0 Å². The topological polar surface area (TPSA) is 26.3 Å². The van der Waals surface area contributed by atoms with Gasteiger partial charge in [0.1, 0.15) is 22.3 Å². The molecule has 0 bridgehead atoms. The Morgan fingerprint density at radius 2 is 0.769 bits per heavy atom. The molecule has 1 aliphatic carbocycles. The quantitative estimate of drug-likeness (QED) is 0.237. The molecule has 0 radical (unpaired) electrons. The van der Waals surface area contributed by atoms with Crippen LogP contribution in [0.4, 0.5) is 0 Å². The van der Waals surface area contributed by atoms with Crippen LogP contribution in [0.3, 0.4) is 0 Å². The molecule has 0 atom stereocenters. The van der Waals surface area contributed by atoms with Crippen LogP contribution in [-0.2, 0) is 5.41 Å². The van der Waals surface area contributed by atoms with Crippen molar-refractivity contribution in [3.63, 3.8) is 0 Å². The Kier molecular flexibility index (Phi) is 4.02. The Morgan fingerprint density at radius 1 is 0.359 bits per heavy atom. The third-order valence-corrected chi connectivity index (χ3v) is 8.57. The lowest BCUT2D eigenvalue weighted by Gasteiger charge is -2.33. The summed E-state index contributed by atoms with van der Waals surface area (Å²) in [5.41, 5.74) is 10.2. The van der Waals surface area contributed by atoms with Crippen molar-refractivity contribution < 1.29 is 8.83 Å². The van der Waals surface area contributed by atoms with Gasteiger partial charge in [-0.15, -0.1) is 0 Å².